The normalized spacial score (nSPS) is 52.7. The largest absolute Gasteiger partial charge is 0.393 e. The summed E-state index contributed by atoms with van der Waals surface area (Å²) in [6.45, 7) is 4.73. The minimum absolute atomic E-state index is 0.0828. The standard InChI is InChI=1S/C19H28O2/c1-11-9-12-10-13(20)3-4-14(12)15-7-8-19(2)16(18(11)15)5-6-17(19)21/h10-11,14-18,21H,3-9H2,1-2H3/t11-,14+,15-,16+,17+,18-,19?/m1/s1. The highest BCUT2D eigenvalue weighted by Gasteiger charge is 2.57. The van der Waals surface area contributed by atoms with Crippen LogP contribution in [0.25, 0.3) is 0 Å². The molecule has 4 aliphatic carbocycles. The summed E-state index contributed by atoms with van der Waals surface area (Å²) in [5.74, 6) is 3.96. The predicted octanol–water partition coefficient (Wildman–Crippen LogP) is 3.74. The molecule has 0 aromatic heterocycles. The fraction of sp³-hybridized carbons (Fsp3) is 0.842. The number of carbonyl (C=O) groups excluding carboxylic acids is 1. The lowest BCUT2D eigenvalue weighted by atomic mass is 9.49. The summed E-state index contributed by atoms with van der Waals surface area (Å²) < 4.78 is 0. The van der Waals surface area contributed by atoms with Crippen LogP contribution < -0.4 is 0 Å². The number of rotatable bonds is 0. The van der Waals surface area contributed by atoms with E-state index in [2.05, 4.69) is 13.8 Å². The quantitative estimate of drug-likeness (QED) is 0.737. The first-order chi connectivity index (χ1) is 10.0. The van der Waals surface area contributed by atoms with E-state index in [1.54, 1.807) is 0 Å². The molecular weight excluding hydrogens is 260 g/mol. The summed E-state index contributed by atoms with van der Waals surface area (Å²) >= 11 is 0. The molecule has 0 heterocycles. The van der Waals surface area contributed by atoms with Gasteiger partial charge >= 0.3 is 0 Å². The van der Waals surface area contributed by atoms with Crippen LogP contribution in [0.4, 0.5) is 0 Å². The Bertz CT molecular complexity index is 494. The van der Waals surface area contributed by atoms with Gasteiger partial charge in [-0.1, -0.05) is 19.4 Å². The van der Waals surface area contributed by atoms with Crippen molar-refractivity contribution >= 4 is 5.78 Å². The number of hydrogen-bond donors (Lipinski definition) is 1. The van der Waals surface area contributed by atoms with Gasteiger partial charge in [-0.15, -0.1) is 0 Å². The molecule has 0 aliphatic heterocycles. The number of aliphatic hydroxyl groups is 1. The van der Waals surface area contributed by atoms with Crippen LogP contribution in [0, 0.1) is 35.0 Å². The highest BCUT2D eigenvalue weighted by atomic mass is 16.3. The van der Waals surface area contributed by atoms with E-state index in [1.807, 2.05) is 6.08 Å². The van der Waals surface area contributed by atoms with E-state index in [4.69, 9.17) is 0 Å². The molecule has 1 N–H and O–H groups in total. The number of ketones is 1. The Morgan fingerprint density at radius 1 is 1.24 bits per heavy atom. The summed E-state index contributed by atoms with van der Waals surface area (Å²) in [5.41, 5.74) is 1.63. The second-order valence-corrected chi connectivity index (χ2v) is 8.50. The van der Waals surface area contributed by atoms with Crippen molar-refractivity contribution in [1.29, 1.82) is 0 Å². The molecule has 0 aromatic carbocycles. The summed E-state index contributed by atoms with van der Waals surface area (Å²) in [7, 11) is 0. The van der Waals surface area contributed by atoms with Crippen LogP contribution in [0.3, 0.4) is 0 Å². The van der Waals surface area contributed by atoms with Gasteiger partial charge in [0.1, 0.15) is 0 Å². The maximum absolute atomic E-state index is 11.8. The molecule has 3 fully saturated rings. The second-order valence-electron chi connectivity index (χ2n) is 8.50. The average Bonchev–Trinajstić information content (AvgIpc) is 2.74. The van der Waals surface area contributed by atoms with Crippen molar-refractivity contribution in [1.82, 2.24) is 0 Å². The van der Waals surface area contributed by atoms with Crippen molar-refractivity contribution in [3.8, 4) is 0 Å². The molecule has 2 nitrogen and oxygen atoms in total. The molecule has 0 saturated heterocycles. The van der Waals surface area contributed by atoms with Gasteiger partial charge in [-0.05, 0) is 79.6 Å². The Balaban J connectivity index is 1.68. The zero-order valence-corrected chi connectivity index (χ0v) is 13.3. The minimum Gasteiger partial charge on any atom is -0.393 e. The van der Waals surface area contributed by atoms with Gasteiger partial charge in [0.25, 0.3) is 0 Å². The summed E-state index contributed by atoms with van der Waals surface area (Å²) in [6.07, 6.45) is 9.54. The molecule has 4 aliphatic rings. The summed E-state index contributed by atoms with van der Waals surface area (Å²) in [4.78, 5) is 11.8. The van der Waals surface area contributed by atoms with Gasteiger partial charge in [-0.25, -0.2) is 0 Å². The van der Waals surface area contributed by atoms with Gasteiger partial charge in [0.05, 0.1) is 6.10 Å². The van der Waals surface area contributed by atoms with Crippen LogP contribution in [-0.4, -0.2) is 17.0 Å². The van der Waals surface area contributed by atoms with E-state index in [1.165, 1.54) is 24.8 Å². The van der Waals surface area contributed by atoms with Crippen molar-refractivity contribution in [2.24, 2.45) is 35.0 Å². The van der Waals surface area contributed by atoms with Crippen molar-refractivity contribution in [2.45, 2.75) is 64.9 Å². The molecule has 2 heteroatoms. The Morgan fingerprint density at radius 2 is 2.05 bits per heavy atom. The predicted molar refractivity (Wildman–Crippen MR) is 82.6 cm³/mol. The SMILES string of the molecule is C[C@@H]1CC2=CC(=O)CC[C@@H]2[C@H]2CCC3(C)[C@@H](O)CC[C@H]3[C@@H]21. The lowest BCUT2D eigenvalue weighted by Gasteiger charge is -2.55. The van der Waals surface area contributed by atoms with E-state index in [0.29, 0.717) is 23.5 Å². The number of aliphatic hydroxyl groups excluding tert-OH is 1. The molecule has 0 radical (unpaired) electrons. The first kappa shape index (κ1) is 14.0. The first-order valence-electron chi connectivity index (χ1n) is 8.92. The van der Waals surface area contributed by atoms with Crippen molar-refractivity contribution in [3.63, 3.8) is 0 Å². The van der Waals surface area contributed by atoms with E-state index in [-0.39, 0.29) is 11.5 Å². The Labute approximate surface area is 128 Å². The lowest BCUT2D eigenvalue weighted by molar-refractivity contribution is -0.116. The molecule has 4 rings (SSSR count). The van der Waals surface area contributed by atoms with Crippen molar-refractivity contribution in [3.05, 3.63) is 11.6 Å². The van der Waals surface area contributed by atoms with Crippen LogP contribution in [-0.2, 0) is 4.79 Å². The Morgan fingerprint density at radius 3 is 2.86 bits per heavy atom. The third kappa shape index (κ3) is 1.91. The van der Waals surface area contributed by atoms with E-state index in [9.17, 15) is 9.90 Å². The average molecular weight is 288 g/mol. The Hall–Kier alpha value is -0.630. The molecule has 0 amide bonds. The fourth-order valence-electron chi connectivity index (χ4n) is 6.56. The van der Waals surface area contributed by atoms with Crippen molar-refractivity contribution in [2.75, 3.05) is 0 Å². The molecule has 21 heavy (non-hydrogen) atoms. The molecule has 7 atom stereocenters. The van der Waals surface area contributed by atoms with Crippen LogP contribution >= 0.6 is 0 Å². The molecule has 1 unspecified atom stereocenters. The van der Waals surface area contributed by atoms with E-state index < -0.39 is 0 Å². The van der Waals surface area contributed by atoms with Gasteiger partial charge < -0.3 is 5.11 Å². The third-order valence-electron chi connectivity index (χ3n) is 7.59. The zero-order valence-electron chi connectivity index (χ0n) is 13.3. The fourth-order valence-corrected chi connectivity index (χ4v) is 6.56. The molecule has 0 bridgehead atoms. The molecule has 0 spiro atoms. The van der Waals surface area contributed by atoms with E-state index >= 15 is 0 Å². The van der Waals surface area contributed by atoms with Gasteiger partial charge in [-0.3, -0.25) is 4.79 Å². The molecule has 3 saturated carbocycles. The van der Waals surface area contributed by atoms with Crippen LogP contribution in [0.15, 0.2) is 11.6 Å². The number of carbonyl (C=O) groups is 1. The number of allylic oxidation sites excluding steroid dienone is 1. The minimum atomic E-state index is -0.0828. The maximum atomic E-state index is 11.8. The van der Waals surface area contributed by atoms with Gasteiger partial charge in [0.15, 0.2) is 5.78 Å². The third-order valence-corrected chi connectivity index (χ3v) is 7.59. The Kier molecular flexibility index (Phi) is 3.12. The van der Waals surface area contributed by atoms with Crippen LogP contribution in [0.5, 0.6) is 0 Å². The van der Waals surface area contributed by atoms with Crippen LogP contribution in [0.2, 0.25) is 0 Å². The molecule has 116 valence electrons. The van der Waals surface area contributed by atoms with Crippen molar-refractivity contribution < 1.29 is 9.90 Å². The van der Waals surface area contributed by atoms with Gasteiger partial charge in [-0.2, -0.15) is 0 Å². The zero-order chi connectivity index (χ0) is 14.8. The van der Waals surface area contributed by atoms with Gasteiger partial charge in [0, 0.05) is 6.42 Å². The lowest BCUT2D eigenvalue weighted by Crippen LogP contribution is -2.50. The van der Waals surface area contributed by atoms with E-state index in [0.717, 1.165) is 37.5 Å². The maximum Gasteiger partial charge on any atom is 0.155 e. The van der Waals surface area contributed by atoms with Gasteiger partial charge in [0.2, 0.25) is 0 Å². The smallest absolute Gasteiger partial charge is 0.155 e. The number of fused-ring (bicyclic) bond motifs is 5. The second kappa shape index (κ2) is 4.68. The summed E-state index contributed by atoms with van der Waals surface area (Å²) in [5, 5.41) is 10.5. The summed E-state index contributed by atoms with van der Waals surface area (Å²) in [6, 6.07) is 0. The highest BCUT2D eigenvalue weighted by Crippen LogP contribution is 2.62. The van der Waals surface area contributed by atoms with Crippen LogP contribution in [0.1, 0.15) is 58.8 Å². The topological polar surface area (TPSA) is 37.3 Å². The monoisotopic (exact) mass is 288 g/mol. The first-order valence-corrected chi connectivity index (χ1v) is 8.92. The highest BCUT2D eigenvalue weighted by molar-refractivity contribution is 5.91. The number of hydrogen-bond acceptors (Lipinski definition) is 2. The molecule has 0 aromatic rings. The molecular formula is C19H28O2.